The largest absolute Gasteiger partial charge is 0.478 e. The number of carboxylic acid groups (broad SMARTS) is 1. The fraction of sp³-hybridized carbons (Fsp3) is 0.182. The van der Waals surface area contributed by atoms with Gasteiger partial charge in [0.25, 0.3) is 5.91 Å². The number of thiophene rings is 1. The minimum Gasteiger partial charge on any atom is -0.478 e. The Hall–Kier alpha value is -2.15. The first-order chi connectivity index (χ1) is 8.49. The van der Waals surface area contributed by atoms with Gasteiger partial charge in [-0.25, -0.2) is 9.59 Å². The Morgan fingerprint density at radius 1 is 1.33 bits per heavy atom. The summed E-state index contributed by atoms with van der Waals surface area (Å²) < 4.78 is 0. The number of rotatable bonds is 4. The lowest BCUT2D eigenvalue weighted by Gasteiger charge is -2.04. The van der Waals surface area contributed by atoms with Crippen molar-refractivity contribution >= 4 is 29.2 Å². The topological polar surface area (TPSA) is 95.5 Å². The molecule has 1 aromatic heterocycles. The standard InChI is InChI=1S/C11H12N2O4S/c1-7-5-18-6-8(7)4-12-11(17)13-9(14)2-3-10(15)16/h2-3,5-6H,4H2,1H3,(H,15,16)(H2,12,13,14,17). The smallest absolute Gasteiger partial charge is 0.328 e. The number of nitrogens with one attached hydrogen (secondary N) is 2. The highest BCUT2D eigenvalue weighted by Crippen LogP contribution is 2.12. The van der Waals surface area contributed by atoms with E-state index in [4.69, 9.17) is 5.11 Å². The molecule has 0 aliphatic carbocycles. The number of aryl methyl sites for hydroxylation is 1. The number of carbonyl (C=O) groups is 3. The van der Waals surface area contributed by atoms with Crippen LogP contribution in [0.4, 0.5) is 4.79 Å². The van der Waals surface area contributed by atoms with Crippen molar-refractivity contribution in [2.45, 2.75) is 13.5 Å². The second-order valence-electron chi connectivity index (χ2n) is 3.42. The van der Waals surface area contributed by atoms with E-state index in [9.17, 15) is 14.4 Å². The SMILES string of the molecule is Cc1cscc1CNC(=O)NC(=O)C=CC(=O)O. The summed E-state index contributed by atoms with van der Waals surface area (Å²) >= 11 is 1.53. The summed E-state index contributed by atoms with van der Waals surface area (Å²) in [7, 11) is 0. The van der Waals surface area contributed by atoms with Crippen LogP contribution in [0.5, 0.6) is 0 Å². The van der Waals surface area contributed by atoms with Gasteiger partial charge in [0.05, 0.1) is 0 Å². The van der Waals surface area contributed by atoms with Gasteiger partial charge in [-0.1, -0.05) is 0 Å². The van der Waals surface area contributed by atoms with Crippen LogP contribution in [0, 0.1) is 6.92 Å². The van der Waals surface area contributed by atoms with E-state index in [0.717, 1.165) is 17.2 Å². The van der Waals surface area contributed by atoms with Crippen LogP contribution < -0.4 is 10.6 Å². The first-order valence-corrected chi connectivity index (χ1v) is 5.95. The van der Waals surface area contributed by atoms with Gasteiger partial charge in [0, 0.05) is 18.7 Å². The third-order valence-corrected chi connectivity index (χ3v) is 2.93. The zero-order valence-corrected chi connectivity index (χ0v) is 10.4. The molecule has 7 heteroatoms. The maximum Gasteiger partial charge on any atom is 0.328 e. The third kappa shape index (κ3) is 4.79. The fourth-order valence-corrected chi connectivity index (χ4v) is 1.95. The molecule has 0 radical (unpaired) electrons. The Morgan fingerprint density at radius 2 is 2.06 bits per heavy atom. The number of carbonyl (C=O) groups excluding carboxylic acids is 2. The predicted octanol–water partition coefficient (Wildman–Crippen LogP) is 1.02. The van der Waals surface area contributed by atoms with Crippen molar-refractivity contribution in [2.75, 3.05) is 0 Å². The number of hydrogen-bond donors (Lipinski definition) is 3. The number of amides is 3. The molecule has 0 saturated carbocycles. The molecular formula is C11H12N2O4S. The van der Waals surface area contributed by atoms with Gasteiger partial charge in [-0.05, 0) is 28.8 Å². The summed E-state index contributed by atoms with van der Waals surface area (Å²) in [6, 6.07) is -0.666. The molecule has 0 atom stereocenters. The molecule has 96 valence electrons. The van der Waals surface area contributed by atoms with Gasteiger partial charge in [-0.2, -0.15) is 11.3 Å². The maximum atomic E-state index is 11.3. The highest BCUT2D eigenvalue weighted by Gasteiger charge is 2.06. The lowest BCUT2D eigenvalue weighted by molar-refractivity contribution is -0.131. The van der Waals surface area contributed by atoms with Crippen LogP contribution in [-0.4, -0.2) is 23.0 Å². The molecular weight excluding hydrogens is 256 g/mol. The molecule has 1 heterocycles. The zero-order chi connectivity index (χ0) is 13.5. The van der Waals surface area contributed by atoms with Crippen molar-refractivity contribution in [3.63, 3.8) is 0 Å². The van der Waals surface area contributed by atoms with Crippen LogP contribution in [0.1, 0.15) is 11.1 Å². The van der Waals surface area contributed by atoms with Crippen molar-refractivity contribution in [1.82, 2.24) is 10.6 Å². The van der Waals surface area contributed by atoms with E-state index in [1.54, 1.807) is 0 Å². The molecule has 0 spiro atoms. The number of aliphatic carboxylic acids is 1. The highest BCUT2D eigenvalue weighted by atomic mass is 32.1. The molecule has 3 N–H and O–H groups in total. The second kappa shape index (κ2) is 6.55. The summed E-state index contributed by atoms with van der Waals surface area (Å²) in [5.41, 5.74) is 2.04. The molecule has 0 aliphatic rings. The molecule has 0 unspecified atom stereocenters. The molecule has 0 aromatic carbocycles. The van der Waals surface area contributed by atoms with Crippen molar-refractivity contribution in [2.24, 2.45) is 0 Å². The van der Waals surface area contributed by atoms with Gasteiger partial charge in [-0.3, -0.25) is 10.1 Å². The molecule has 1 aromatic rings. The van der Waals surface area contributed by atoms with Crippen LogP contribution in [0.15, 0.2) is 22.9 Å². The molecule has 6 nitrogen and oxygen atoms in total. The summed E-state index contributed by atoms with van der Waals surface area (Å²) in [6.07, 6.45) is 1.43. The molecule has 3 amide bonds. The van der Waals surface area contributed by atoms with Gasteiger partial charge < -0.3 is 10.4 Å². The fourth-order valence-electron chi connectivity index (χ4n) is 1.09. The average molecular weight is 268 g/mol. The van der Waals surface area contributed by atoms with Gasteiger partial charge in [0.1, 0.15) is 0 Å². The molecule has 0 bridgehead atoms. The third-order valence-electron chi connectivity index (χ3n) is 2.02. The monoisotopic (exact) mass is 268 g/mol. The predicted molar refractivity (Wildman–Crippen MR) is 66.2 cm³/mol. The van der Waals surface area contributed by atoms with Crippen molar-refractivity contribution in [1.29, 1.82) is 0 Å². The van der Waals surface area contributed by atoms with Gasteiger partial charge >= 0.3 is 12.0 Å². The normalized spacial score (nSPS) is 10.3. The van der Waals surface area contributed by atoms with E-state index in [-0.39, 0.29) is 0 Å². The van der Waals surface area contributed by atoms with Crippen molar-refractivity contribution in [3.8, 4) is 0 Å². The van der Waals surface area contributed by atoms with E-state index in [1.807, 2.05) is 23.0 Å². The number of imide groups is 1. The Balaban J connectivity index is 2.36. The Morgan fingerprint density at radius 3 is 2.61 bits per heavy atom. The van der Waals surface area contributed by atoms with Crippen molar-refractivity contribution in [3.05, 3.63) is 34.0 Å². The Labute approximate surface area is 107 Å². The van der Waals surface area contributed by atoms with Crippen LogP contribution >= 0.6 is 11.3 Å². The summed E-state index contributed by atoms with van der Waals surface area (Å²) in [5, 5.41) is 16.6. The van der Waals surface area contributed by atoms with Gasteiger partial charge in [0.2, 0.25) is 0 Å². The minimum atomic E-state index is -1.25. The van der Waals surface area contributed by atoms with Gasteiger partial charge in [0.15, 0.2) is 0 Å². The number of hydrogen-bond acceptors (Lipinski definition) is 4. The summed E-state index contributed by atoms with van der Waals surface area (Å²) in [5.74, 6) is -2.03. The van der Waals surface area contributed by atoms with Crippen LogP contribution in [0.2, 0.25) is 0 Å². The summed E-state index contributed by atoms with van der Waals surface area (Å²) in [4.78, 5) is 32.5. The summed E-state index contributed by atoms with van der Waals surface area (Å²) in [6.45, 7) is 2.24. The molecule has 18 heavy (non-hydrogen) atoms. The number of urea groups is 1. The first-order valence-electron chi connectivity index (χ1n) is 5.00. The Bertz CT molecular complexity index is 493. The average Bonchev–Trinajstić information content (AvgIpc) is 2.69. The zero-order valence-electron chi connectivity index (χ0n) is 9.60. The second-order valence-corrected chi connectivity index (χ2v) is 4.17. The lowest BCUT2D eigenvalue weighted by atomic mass is 10.2. The van der Waals surface area contributed by atoms with E-state index in [1.165, 1.54) is 11.3 Å². The first kappa shape index (κ1) is 13.9. The van der Waals surface area contributed by atoms with Gasteiger partial charge in [-0.15, -0.1) is 0 Å². The van der Waals surface area contributed by atoms with E-state index < -0.39 is 17.9 Å². The minimum absolute atomic E-state index is 0.317. The lowest BCUT2D eigenvalue weighted by Crippen LogP contribution is -2.38. The van der Waals surface area contributed by atoms with Crippen LogP contribution in [0.25, 0.3) is 0 Å². The molecule has 0 saturated heterocycles. The number of carboxylic acids is 1. The Kier molecular flexibility index (Phi) is 5.06. The molecule has 0 fully saturated rings. The molecule has 0 aliphatic heterocycles. The van der Waals surface area contributed by atoms with Crippen LogP contribution in [-0.2, 0) is 16.1 Å². The van der Waals surface area contributed by atoms with E-state index >= 15 is 0 Å². The van der Waals surface area contributed by atoms with Crippen molar-refractivity contribution < 1.29 is 19.5 Å². The van der Waals surface area contributed by atoms with Crippen LogP contribution in [0.3, 0.4) is 0 Å². The van der Waals surface area contributed by atoms with E-state index in [0.29, 0.717) is 12.6 Å². The highest BCUT2D eigenvalue weighted by molar-refractivity contribution is 7.08. The quantitative estimate of drug-likeness (QED) is 0.710. The van der Waals surface area contributed by atoms with E-state index in [2.05, 4.69) is 5.32 Å². The molecule has 1 rings (SSSR count). The maximum absolute atomic E-state index is 11.3.